The summed E-state index contributed by atoms with van der Waals surface area (Å²) in [6, 6.07) is 8.03. The molecule has 0 unspecified atom stereocenters. The van der Waals surface area contributed by atoms with E-state index in [1.807, 2.05) is 31.3 Å². The SMILES string of the molecule is CN(Cc1ccc(Br)cc1)C(=O)C1CCC(O)CC1. The van der Waals surface area contributed by atoms with Crippen LogP contribution >= 0.6 is 15.9 Å². The molecule has 1 amide bonds. The molecule has 0 atom stereocenters. The van der Waals surface area contributed by atoms with Crippen LogP contribution in [0.1, 0.15) is 31.2 Å². The lowest BCUT2D eigenvalue weighted by Crippen LogP contribution is -2.35. The van der Waals surface area contributed by atoms with E-state index in [0.29, 0.717) is 6.54 Å². The van der Waals surface area contributed by atoms with E-state index < -0.39 is 0 Å². The number of rotatable bonds is 3. The van der Waals surface area contributed by atoms with Crippen molar-refractivity contribution in [1.29, 1.82) is 0 Å². The lowest BCUT2D eigenvalue weighted by Gasteiger charge is -2.28. The van der Waals surface area contributed by atoms with Crippen molar-refractivity contribution in [2.24, 2.45) is 5.92 Å². The molecule has 0 heterocycles. The summed E-state index contributed by atoms with van der Waals surface area (Å²) in [7, 11) is 1.86. The molecule has 1 aliphatic carbocycles. The highest BCUT2D eigenvalue weighted by molar-refractivity contribution is 9.10. The fourth-order valence-corrected chi connectivity index (χ4v) is 2.84. The van der Waals surface area contributed by atoms with Gasteiger partial charge in [-0.1, -0.05) is 28.1 Å². The van der Waals surface area contributed by atoms with Gasteiger partial charge in [0.25, 0.3) is 0 Å². The smallest absolute Gasteiger partial charge is 0.225 e. The number of aliphatic hydroxyl groups excluding tert-OH is 1. The molecule has 0 radical (unpaired) electrons. The number of carbonyl (C=O) groups excluding carboxylic acids is 1. The molecule has 1 aliphatic rings. The van der Waals surface area contributed by atoms with Crippen LogP contribution in [0.4, 0.5) is 0 Å². The van der Waals surface area contributed by atoms with E-state index in [4.69, 9.17) is 0 Å². The molecule has 0 bridgehead atoms. The van der Waals surface area contributed by atoms with Crippen molar-refractivity contribution in [3.63, 3.8) is 0 Å². The first-order valence-electron chi connectivity index (χ1n) is 6.73. The van der Waals surface area contributed by atoms with Crippen LogP contribution in [0.2, 0.25) is 0 Å². The molecule has 1 fully saturated rings. The van der Waals surface area contributed by atoms with Crippen molar-refractivity contribution >= 4 is 21.8 Å². The van der Waals surface area contributed by atoms with Crippen LogP contribution in [-0.2, 0) is 11.3 Å². The minimum absolute atomic E-state index is 0.0869. The Balaban J connectivity index is 1.90. The van der Waals surface area contributed by atoms with Crippen LogP contribution < -0.4 is 0 Å². The summed E-state index contributed by atoms with van der Waals surface area (Å²) in [5.41, 5.74) is 1.13. The number of aliphatic hydroxyl groups is 1. The van der Waals surface area contributed by atoms with Crippen LogP contribution in [0.25, 0.3) is 0 Å². The Morgan fingerprint density at radius 1 is 1.26 bits per heavy atom. The van der Waals surface area contributed by atoms with E-state index in [9.17, 15) is 9.90 Å². The van der Waals surface area contributed by atoms with Crippen LogP contribution in [0.5, 0.6) is 0 Å². The van der Waals surface area contributed by atoms with Gasteiger partial charge in [-0.3, -0.25) is 4.79 Å². The Labute approximate surface area is 122 Å². The topological polar surface area (TPSA) is 40.5 Å². The number of hydrogen-bond acceptors (Lipinski definition) is 2. The van der Waals surface area contributed by atoms with Crippen molar-refractivity contribution in [3.05, 3.63) is 34.3 Å². The van der Waals surface area contributed by atoms with Crippen LogP contribution in [0.15, 0.2) is 28.7 Å². The van der Waals surface area contributed by atoms with Gasteiger partial charge in [0.05, 0.1) is 6.10 Å². The number of halogens is 1. The van der Waals surface area contributed by atoms with Crippen molar-refractivity contribution in [2.75, 3.05) is 7.05 Å². The van der Waals surface area contributed by atoms with E-state index in [-0.39, 0.29) is 17.9 Å². The monoisotopic (exact) mass is 325 g/mol. The molecule has 0 aromatic heterocycles. The number of benzene rings is 1. The van der Waals surface area contributed by atoms with Gasteiger partial charge in [0, 0.05) is 24.0 Å². The molecule has 104 valence electrons. The first-order valence-corrected chi connectivity index (χ1v) is 7.53. The van der Waals surface area contributed by atoms with E-state index in [2.05, 4.69) is 15.9 Å². The first kappa shape index (κ1) is 14.5. The number of nitrogens with zero attached hydrogens (tertiary/aromatic N) is 1. The van der Waals surface area contributed by atoms with E-state index >= 15 is 0 Å². The lowest BCUT2D eigenvalue weighted by molar-refractivity contribution is -0.136. The Kier molecular flexibility index (Phi) is 4.99. The van der Waals surface area contributed by atoms with E-state index in [1.165, 1.54) is 0 Å². The average molecular weight is 326 g/mol. The Morgan fingerprint density at radius 3 is 2.42 bits per heavy atom. The molecular weight excluding hydrogens is 306 g/mol. The summed E-state index contributed by atoms with van der Waals surface area (Å²) in [4.78, 5) is 14.1. The molecule has 1 aromatic carbocycles. The maximum absolute atomic E-state index is 12.3. The van der Waals surface area contributed by atoms with Crippen molar-refractivity contribution < 1.29 is 9.90 Å². The predicted molar refractivity (Wildman–Crippen MR) is 78.6 cm³/mol. The fourth-order valence-electron chi connectivity index (χ4n) is 2.58. The second-order valence-electron chi connectivity index (χ2n) is 5.33. The zero-order chi connectivity index (χ0) is 13.8. The number of amides is 1. The van der Waals surface area contributed by atoms with Crippen molar-refractivity contribution in [2.45, 2.75) is 38.3 Å². The molecule has 1 saturated carbocycles. The second-order valence-corrected chi connectivity index (χ2v) is 6.24. The molecular formula is C15H20BrNO2. The lowest BCUT2D eigenvalue weighted by atomic mass is 9.86. The highest BCUT2D eigenvalue weighted by Crippen LogP contribution is 2.26. The molecule has 19 heavy (non-hydrogen) atoms. The average Bonchev–Trinajstić information content (AvgIpc) is 2.41. The normalized spacial score (nSPS) is 23.1. The molecule has 4 heteroatoms. The summed E-state index contributed by atoms with van der Waals surface area (Å²) in [6.07, 6.45) is 2.92. The van der Waals surface area contributed by atoms with Crippen molar-refractivity contribution in [1.82, 2.24) is 4.90 Å². The molecule has 0 spiro atoms. The summed E-state index contributed by atoms with van der Waals surface area (Å²) >= 11 is 3.40. The minimum Gasteiger partial charge on any atom is -0.393 e. The maximum Gasteiger partial charge on any atom is 0.225 e. The van der Waals surface area contributed by atoms with Gasteiger partial charge in [-0.25, -0.2) is 0 Å². The third kappa shape index (κ3) is 4.05. The van der Waals surface area contributed by atoms with Gasteiger partial charge < -0.3 is 10.0 Å². The maximum atomic E-state index is 12.3. The number of hydrogen-bond donors (Lipinski definition) is 1. The Morgan fingerprint density at radius 2 is 1.84 bits per heavy atom. The summed E-state index contributed by atoms with van der Waals surface area (Å²) in [5, 5.41) is 9.48. The molecule has 1 N–H and O–H groups in total. The van der Waals surface area contributed by atoms with Crippen LogP contribution in [0.3, 0.4) is 0 Å². The van der Waals surface area contributed by atoms with Gasteiger partial charge in [0.2, 0.25) is 5.91 Å². The summed E-state index contributed by atoms with van der Waals surface area (Å²) in [5.74, 6) is 0.290. The summed E-state index contributed by atoms with van der Waals surface area (Å²) < 4.78 is 1.05. The van der Waals surface area contributed by atoms with Gasteiger partial charge in [-0.15, -0.1) is 0 Å². The molecule has 2 rings (SSSR count). The largest absolute Gasteiger partial charge is 0.393 e. The molecule has 0 saturated heterocycles. The second kappa shape index (κ2) is 6.53. The van der Waals surface area contributed by atoms with Gasteiger partial charge in [0.15, 0.2) is 0 Å². The predicted octanol–water partition coefficient (Wildman–Crippen LogP) is 2.96. The minimum atomic E-state index is -0.208. The fraction of sp³-hybridized carbons (Fsp3) is 0.533. The number of carbonyl (C=O) groups is 1. The van der Waals surface area contributed by atoms with Gasteiger partial charge >= 0.3 is 0 Å². The highest BCUT2D eigenvalue weighted by Gasteiger charge is 2.27. The van der Waals surface area contributed by atoms with E-state index in [0.717, 1.165) is 35.7 Å². The molecule has 3 nitrogen and oxygen atoms in total. The van der Waals surface area contributed by atoms with Crippen molar-refractivity contribution in [3.8, 4) is 0 Å². The third-order valence-electron chi connectivity index (χ3n) is 3.76. The van der Waals surface area contributed by atoms with Crippen LogP contribution in [0, 0.1) is 5.92 Å². The standard InChI is InChI=1S/C15H20BrNO2/c1-17(10-11-2-6-13(16)7-3-11)15(19)12-4-8-14(18)9-5-12/h2-3,6-7,12,14,18H,4-5,8-10H2,1H3. The zero-order valence-corrected chi connectivity index (χ0v) is 12.8. The first-order chi connectivity index (χ1) is 9.06. The quantitative estimate of drug-likeness (QED) is 0.928. The third-order valence-corrected chi connectivity index (χ3v) is 4.28. The Hall–Kier alpha value is -0.870. The van der Waals surface area contributed by atoms with Gasteiger partial charge in [-0.2, -0.15) is 0 Å². The van der Waals surface area contributed by atoms with Gasteiger partial charge in [0.1, 0.15) is 0 Å². The molecule has 1 aromatic rings. The summed E-state index contributed by atoms with van der Waals surface area (Å²) in [6.45, 7) is 0.644. The van der Waals surface area contributed by atoms with Crippen LogP contribution in [-0.4, -0.2) is 29.1 Å². The zero-order valence-electron chi connectivity index (χ0n) is 11.2. The highest BCUT2D eigenvalue weighted by atomic mass is 79.9. The van der Waals surface area contributed by atoms with E-state index in [1.54, 1.807) is 4.90 Å². The Bertz CT molecular complexity index is 424. The molecule has 0 aliphatic heterocycles. The van der Waals surface area contributed by atoms with Gasteiger partial charge in [-0.05, 0) is 43.4 Å².